The molecule has 0 aromatic heterocycles. The van der Waals surface area contributed by atoms with Crippen molar-refractivity contribution < 1.29 is 14.4 Å². The number of hydrogen-bond donors (Lipinski definition) is 2. The van der Waals surface area contributed by atoms with Gasteiger partial charge in [0.15, 0.2) is 0 Å². The minimum absolute atomic E-state index is 0.121. The molecule has 2 atom stereocenters. The fourth-order valence-corrected chi connectivity index (χ4v) is 1.79. The van der Waals surface area contributed by atoms with Gasteiger partial charge in [-0.05, 0) is 6.92 Å². The maximum atomic E-state index is 11.6. The van der Waals surface area contributed by atoms with Crippen LogP contribution in [0.15, 0.2) is 12.0 Å². The Labute approximate surface area is 82.4 Å². The maximum Gasteiger partial charge on any atom is 0.311 e. The standard InChI is InChI=1S/C9H14N2O3/c1-2-13-9(12)7-3-10-5-8-6(7)4-11-14-8/h5-7,10-11H,2-4H2,1H3. The van der Waals surface area contributed by atoms with Gasteiger partial charge in [0.05, 0.1) is 18.4 Å². The Balaban J connectivity index is 2.06. The summed E-state index contributed by atoms with van der Waals surface area (Å²) in [5, 5.41) is 3.02. The highest BCUT2D eigenvalue weighted by Gasteiger charge is 2.38. The molecule has 0 aromatic carbocycles. The summed E-state index contributed by atoms with van der Waals surface area (Å²) in [6.07, 6.45) is 1.81. The Hall–Kier alpha value is -1.23. The molecule has 2 N–H and O–H groups in total. The van der Waals surface area contributed by atoms with Crippen molar-refractivity contribution in [1.29, 1.82) is 0 Å². The van der Waals surface area contributed by atoms with E-state index in [2.05, 4.69) is 10.8 Å². The predicted molar refractivity (Wildman–Crippen MR) is 48.8 cm³/mol. The Morgan fingerprint density at radius 2 is 2.57 bits per heavy atom. The molecule has 0 amide bonds. The average Bonchev–Trinajstić information content (AvgIpc) is 2.65. The second kappa shape index (κ2) is 3.88. The van der Waals surface area contributed by atoms with Gasteiger partial charge in [-0.15, -0.1) is 0 Å². The van der Waals surface area contributed by atoms with Crippen LogP contribution in [-0.2, 0) is 14.4 Å². The normalized spacial score (nSPS) is 29.6. The lowest BCUT2D eigenvalue weighted by Crippen LogP contribution is -2.38. The van der Waals surface area contributed by atoms with Gasteiger partial charge in [0.25, 0.3) is 0 Å². The Morgan fingerprint density at radius 3 is 3.36 bits per heavy atom. The van der Waals surface area contributed by atoms with E-state index in [0.29, 0.717) is 19.7 Å². The highest BCUT2D eigenvalue weighted by Crippen LogP contribution is 2.28. The Bertz CT molecular complexity index is 265. The number of hydroxylamine groups is 1. The second-order valence-electron chi connectivity index (χ2n) is 3.37. The van der Waals surface area contributed by atoms with Crippen LogP contribution in [0.5, 0.6) is 0 Å². The first-order valence-corrected chi connectivity index (χ1v) is 4.82. The van der Waals surface area contributed by atoms with Crippen LogP contribution >= 0.6 is 0 Å². The van der Waals surface area contributed by atoms with Crippen molar-refractivity contribution in [2.75, 3.05) is 19.7 Å². The summed E-state index contributed by atoms with van der Waals surface area (Å²) in [5.41, 5.74) is 2.78. The van der Waals surface area contributed by atoms with Crippen molar-refractivity contribution >= 4 is 5.97 Å². The number of carbonyl (C=O) groups excluding carboxylic acids is 1. The van der Waals surface area contributed by atoms with Gasteiger partial charge in [-0.25, -0.2) is 0 Å². The average molecular weight is 198 g/mol. The Morgan fingerprint density at radius 1 is 1.71 bits per heavy atom. The number of esters is 1. The molecule has 5 nitrogen and oxygen atoms in total. The zero-order valence-corrected chi connectivity index (χ0v) is 8.08. The largest absolute Gasteiger partial charge is 0.466 e. The van der Waals surface area contributed by atoms with Gasteiger partial charge < -0.3 is 14.9 Å². The topological polar surface area (TPSA) is 59.6 Å². The van der Waals surface area contributed by atoms with Crippen molar-refractivity contribution in [1.82, 2.24) is 10.8 Å². The lowest BCUT2D eigenvalue weighted by Gasteiger charge is -2.24. The molecule has 2 aliphatic rings. The molecule has 78 valence electrons. The van der Waals surface area contributed by atoms with E-state index in [1.807, 2.05) is 6.92 Å². The van der Waals surface area contributed by atoms with E-state index in [4.69, 9.17) is 9.57 Å². The van der Waals surface area contributed by atoms with Crippen LogP contribution in [0.3, 0.4) is 0 Å². The van der Waals surface area contributed by atoms with E-state index in [-0.39, 0.29) is 17.8 Å². The minimum atomic E-state index is -0.150. The highest BCUT2D eigenvalue weighted by molar-refractivity contribution is 5.74. The summed E-state index contributed by atoms with van der Waals surface area (Å²) in [4.78, 5) is 16.7. The third-order valence-electron chi connectivity index (χ3n) is 2.52. The van der Waals surface area contributed by atoms with E-state index < -0.39 is 0 Å². The molecule has 0 aliphatic carbocycles. The van der Waals surface area contributed by atoms with Gasteiger partial charge in [0.1, 0.15) is 5.76 Å². The van der Waals surface area contributed by atoms with E-state index >= 15 is 0 Å². The molecule has 1 saturated heterocycles. The summed E-state index contributed by atoms with van der Waals surface area (Å²) in [6, 6.07) is 0. The van der Waals surface area contributed by atoms with Crippen LogP contribution in [0.25, 0.3) is 0 Å². The summed E-state index contributed by atoms with van der Waals surface area (Å²) in [5.74, 6) is 0.637. The molecule has 14 heavy (non-hydrogen) atoms. The molecule has 0 bridgehead atoms. The molecule has 0 radical (unpaired) electrons. The molecular formula is C9H14N2O3. The van der Waals surface area contributed by atoms with Crippen LogP contribution in [-0.4, -0.2) is 25.7 Å². The van der Waals surface area contributed by atoms with Gasteiger partial charge in [0, 0.05) is 19.3 Å². The van der Waals surface area contributed by atoms with Gasteiger partial charge in [-0.1, -0.05) is 0 Å². The van der Waals surface area contributed by atoms with E-state index in [9.17, 15) is 4.79 Å². The SMILES string of the molecule is CCOC(=O)C1CNC=C2ONCC21. The van der Waals surface area contributed by atoms with Gasteiger partial charge in [-0.2, -0.15) is 5.48 Å². The van der Waals surface area contributed by atoms with Crippen molar-refractivity contribution in [3.63, 3.8) is 0 Å². The first-order valence-electron chi connectivity index (χ1n) is 4.82. The van der Waals surface area contributed by atoms with Crippen LogP contribution in [0, 0.1) is 11.8 Å². The van der Waals surface area contributed by atoms with E-state index in [1.54, 1.807) is 6.20 Å². The molecule has 2 heterocycles. The number of nitrogens with one attached hydrogen (secondary N) is 2. The monoisotopic (exact) mass is 198 g/mol. The summed E-state index contributed by atoms with van der Waals surface area (Å²) in [7, 11) is 0. The minimum Gasteiger partial charge on any atom is -0.466 e. The van der Waals surface area contributed by atoms with Gasteiger partial charge in [0.2, 0.25) is 0 Å². The van der Waals surface area contributed by atoms with Crippen molar-refractivity contribution in [3.05, 3.63) is 12.0 Å². The fourth-order valence-electron chi connectivity index (χ4n) is 1.79. The summed E-state index contributed by atoms with van der Waals surface area (Å²) >= 11 is 0. The lowest BCUT2D eigenvalue weighted by molar-refractivity contribution is -0.149. The molecule has 1 fully saturated rings. The summed E-state index contributed by atoms with van der Waals surface area (Å²) < 4.78 is 5.00. The molecule has 2 rings (SSSR count). The third kappa shape index (κ3) is 1.55. The highest BCUT2D eigenvalue weighted by atomic mass is 16.7. The third-order valence-corrected chi connectivity index (χ3v) is 2.52. The molecular weight excluding hydrogens is 184 g/mol. The number of carbonyl (C=O) groups is 1. The molecule has 5 heteroatoms. The number of ether oxygens (including phenoxy) is 1. The second-order valence-corrected chi connectivity index (χ2v) is 3.37. The van der Waals surface area contributed by atoms with Crippen molar-refractivity contribution in [2.24, 2.45) is 11.8 Å². The first-order chi connectivity index (χ1) is 6.83. The number of rotatable bonds is 2. The van der Waals surface area contributed by atoms with Crippen LogP contribution in [0.1, 0.15) is 6.92 Å². The van der Waals surface area contributed by atoms with Gasteiger partial charge in [-0.3, -0.25) is 4.79 Å². The predicted octanol–water partition coefficient (Wildman–Crippen LogP) is -0.239. The molecule has 2 aliphatic heterocycles. The van der Waals surface area contributed by atoms with Crippen molar-refractivity contribution in [3.8, 4) is 0 Å². The van der Waals surface area contributed by atoms with E-state index in [0.717, 1.165) is 5.76 Å². The molecule has 0 aromatic rings. The quantitative estimate of drug-likeness (QED) is 0.600. The van der Waals surface area contributed by atoms with Crippen molar-refractivity contribution in [2.45, 2.75) is 6.92 Å². The van der Waals surface area contributed by atoms with Crippen LogP contribution in [0.4, 0.5) is 0 Å². The van der Waals surface area contributed by atoms with Gasteiger partial charge >= 0.3 is 5.97 Å². The number of fused-ring (bicyclic) bond motifs is 1. The molecule has 0 spiro atoms. The van der Waals surface area contributed by atoms with Crippen LogP contribution < -0.4 is 10.8 Å². The van der Waals surface area contributed by atoms with Crippen LogP contribution in [0.2, 0.25) is 0 Å². The fraction of sp³-hybridized carbons (Fsp3) is 0.667. The molecule has 2 unspecified atom stereocenters. The maximum absolute atomic E-state index is 11.6. The lowest BCUT2D eigenvalue weighted by atomic mass is 9.89. The Kier molecular flexibility index (Phi) is 2.58. The smallest absolute Gasteiger partial charge is 0.311 e. The summed E-state index contributed by atoms with van der Waals surface area (Å²) in [6.45, 7) is 3.54. The molecule has 0 saturated carbocycles. The zero-order valence-electron chi connectivity index (χ0n) is 8.08. The first kappa shape index (κ1) is 9.33. The van der Waals surface area contributed by atoms with E-state index in [1.165, 1.54) is 0 Å². The number of hydrogen-bond acceptors (Lipinski definition) is 5. The zero-order chi connectivity index (χ0) is 9.97.